The summed E-state index contributed by atoms with van der Waals surface area (Å²) in [5.41, 5.74) is 0.627. The Labute approximate surface area is 154 Å². The van der Waals surface area contributed by atoms with E-state index in [0.717, 1.165) is 31.7 Å². The lowest BCUT2D eigenvalue weighted by molar-refractivity contribution is 0.0660. The minimum absolute atomic E-state index is 0.0355. The maximum Gasteiger partial charge on any atom is 0.253 e. The molecule has 0 spiro atoms. The molecule has 138 valence electrons. The summed E-state index contributed by atoms with van der Waals surface area (Å²) >= 11 is 0. The van der Waals surface area contributed by atoms with Gasteiger partial charge in [0.25, 0.3) is 5.91 Å². The van der Waals surface area contributed by atoms with Gasteiger partial charge in [-0.1, -0.05) is 18.2 Å². The first kappa shape index (κ1) is 18.1. The van der Waals surface area contributed by atoms with Crippen LogP contribution in [0.2, 0.25) is 0 Å². The summed E-state index contributed by atoms with van der Waals surface area (Å²) in [6, 6.07) is 15.2. The highest BCUT2D eigenvalue weighted by molar-refractivity contribution is 5.95. The zero-order chi connectivity index (χ0) is 18.4. The third kappa shape index (κ3) is 4.28. The third-order valence-corrected chi connectivity index (χ3v) is 4.76. The summed E-state index contributed by atoms with van der Waals surface area (Å²) in [7, 11) is 3.16. The van der Waals surface area contributed by atoms with E-state index in [9.17, 15) is 4.79 Å². The molecule has 26 heavy (non-hydrogen) atoms. The predicted molar refractivity (Wildman–Crippen MR) is 100 cm³/mol. The van der Waals surface area contributed by atoms with E-state index in [1.807, 2.05) is 35.2 Å². The number of hydrogen-bond donors (Lipinski definition) is 0. The predicted octanol–water partition coefficient (Wildman–Crippen LogP) is 3.64. The molecule has 1 saturated heterocycles. The first-order chi connectivity index (χ1) is 12.7. The quantitative estimate of drug-likeness (QED) is 0.794. The van der Waals surface area contributed by atoms with E-state index in [4.69, 9.17) is 14.2 Å². The highest BCUT2D eigenvalue weighted by atomic mass is 16.5. The second-order valence-electron chi connectivity index (χ2n) is 6.43. The molecule has 0 N–H and O–H groups in total. The average molecular weight is 355 g/mol. The van der Waals surface area contributed by atoms with Gasteiger partial charge in [0.1, 0.15) is 5.75 Å². The molecule has 0 atom stereocenters. The fraction of sp³-hybridized carbons (Fsp3) is 0.381. The molecule has 1 aliphatic heterocycles. The molecule has 1 amide bonds. The van der Waals surface area contributed by atoms with Gasteiger partial charge in [0.15, 0.2) is 11.5 Å². The Balaban J connectivity index is 1.53. The zero-order valence-electron chi connectivity index (χ0n) is 15.3. The molecule has 2 aromatic carbocycles. The molecule has 5 heteroatoms. The molecule has 1 aliphatic rings. The number of benzene rings is 2. The number of likely N-dealkylation sites (tertiary alicyclic amines) is 1. The van der Waals surface area contributed by atoms with Crippen LogP contribution in [-0.4, -0.2) is 44.7 Å². The van der Waals surface area contributed by atoms with Crippen molar-refractivity contribution in [2.75, 3.05) is 33.9 Å². The molecular weight excluding hydrogens is 330 g/mol. The Morgan fingerprint density at radius 2 is 1.69 bits per heavy atom. The largest absolute Gasteiger partial charge is 0.493 e. The van der Waals surface area contributed by atoms with Gasteiger partial charge in [0, 0.05) is 18.7 Å². The van der Waals surface area contributed by atoms with Crippen LogP contribution >= 0.6 is 0 Å². The van der Waals surface area contributed by atoms with E-state index in [-0.39, 0.29) is 5.91 Å². The zero-order valence-corrected chi connectivity index (χ0v) is 15.3. The van der Waals surface area contributed by atoms with Gasteiger partial charge >= 0.3 is 0 Å². The number of nitrogens with zero attached hydrogens (tertiary/aromatic N) is 1. The lowest BCUT2D eigenvalue weighted by Gasteiger charge is -2.32. The van der Waals surface area contributed by atoms with Crippen molar-refractivity contribution in [2.24, 2.45) is 5.92 Å². The van der Waals surface area contributed by atoms with Crippen LogP contribution in [0.1, 0.15) is 23.2 Å². The molecule has 0 unspecified atom stereocenters. The minimum atomic E-state index is 0.0355. The molecule has 1 fully saturated rings. The Morgan fingerprint density at radius 3 is 2.35 bits per heavy atom. The van der Waals surface area contributed by atoms with Gasteiger partial charge in [-0.2, -0.15) is 0 Å². The van der Waals surface area contributed by atoms with Gasteiger partial charge in [0.2, 0.25) is 0 Å². The first-order valence-electron chi connectivity index (χ1n) is 8.90. The highest BCUT2D eigenvalue weighted by Crippen LogP contribution is 2.29. The van der Waals surface area contributed by atoms with Gasteiger partial charge < -0.3 is 19.1 Å². The van der Waals surface area contributed by atoms with Crippen molar-refractivity contribution in [3.05, 3.63) is 54.1 Å². The number of rotatable bonds is 6. The molecule has 0 aliphatic carbocycles. The fourth-order valence-electron chi connectivity index (χ4n) is 3.19. The molecule has 0 saturated carbocycles. The summed E-state index contributed by atoms with van der Waals surface area (Å²) in [6.45, 7) is 2.19. The van der Waals surface area contributed by atoms with Crippen LogP contribution in [0, 0.1) is 5.92 Å². The van der Waals surface area contributed by atoms with Crippen molar-refractivity contribution in [3.8, 4) is 17.2 Å². The second-order valence-corrected chi connectivity index (χ2v) is 6.43. The highest BCUT2D eigenvalue weighted by Gasteiger charge is 2.24. The van der Waals surface area contributed by atoms with E-state index in [1.165, 1.54) is 0 Å². The van der Waals surface area contributed by atoms with Crippen molar-refractivity contribution >= 4 is 5.91 Å². The van der Waals surface area contributed by atoms with Gasteiger partial charge in [-0.3, -0.25) is 4.79 Å². The fourth-order valence-corrected chi connectivity index (χ4v) is 3.19. The first-order valence-corrected chi connectivity index (χ1v) is 8.90. The summed E-state index contributed by atoms with van der Waals surface area (Å²) in [5, 5.41) is 0. The lowest BCUT2D eigenvalue weighted by Crippen LogP contribution is -2.39. The summed E-state index contributed by atoms with van der Waals surface area (Å²) in [5.74, 6) is 2.61. The number of ether oxygens (including phenoxy) is 3. The Hall–Kier alpha value is -2.69. The van der Waals surface area contributed by atoms with Crippen molar-refractivity contribution < 1.29 is 19.0 Å². The molecule has 1 heterocycles. The van der Waals surface area contributed by atoms with Crippen LogP contribution in [0.3, 0.4) is 0 Å². The number of piperidine rings is 1. The van der Waals surface area contributed by atoms with Gasteiger partial charge in [0.05, 0.1) is 20.8 Å². The second kappa shape index (κ2) is 8.61. The van der Waals surface area contributed by atoms with Crippen LogP contribution in [0.15, 0.2) is 48.5 Å². The Kier molecular flexibility index (Phi) is 6.00. The van der Waals surface area contributed by atoms with Crippen molar-refractivity contribution in [1.29, 1.82) is 0 Å². The van der Waals surface area contributed by atoms with Crippen LogP contribution in [-0.2, 0) is 0 Å². The average Bonchev–Trinajstić information content (AvgIpc) is 2.72. The summed E-state index contributed by atoms with van der Waals surface area (Å²) in [6.07, 6.45) is 1.90. The number of methoxy groups -OCH3 is 2. The van der Waals surface area contributed by atoms with Gasteiger partial charge in [-0.15, -0.1) is 0 Å². The topological polar surface area (TPSA) is 48.0 Å². The SMILES string of the molecule is COc1ccc(C(=O)N2CCC(COc3ccccc3)CC2)cc1OC. The van der Waals surface area contributed by atoms with Crippen LogP contribution < -0.4 is 14.2 Å². The molecule has 5 nitrogen and oxygen atoms in total. The standard InChI is InChI=1S/C21H25NO4/c1-24-19-9-8-17(14-20(19)25-2)21(23)22-12-10-16(11-13-22)15-26-18-6-4-3-5-7-18/h3-9,14,16H,10-13,15H2,1-2H3. The number of carbonyl (C=O) groups is 1. The van der Waals surface area contributed by atoms with Crippen molar-refractivity contribution in [1.82, 2.24) is 4.90 Å². The smallest absolute Gasteiger partial charge is 0.253 e. The number of hydrogen-bond acceptors (Lipinski definition) is 4. The summed E-state index contributed by atoms with van der Waals surface area (Å²) in [4.78, 5) is 14.7. The third-order valence-electron chi connectivity index (χ3n) is 4.76. The minimum Gasteiger partial charge on any atom is -0.493 e. The van der Waals surface area contributed by atoms with Crippen molar-refractivity contribution in [2.45, 2.75) is 12.8 Å². The van der Waals surface area contributed by atoms with Crippen LogP contribution in [0.5, 0.6) is 17.2 Å². The number of amides is 1. The monoisotopic (exact) mass is 355 g/mol. The molecule has 0 radical (unpaired) electrons. The normalized spacial score (nSPS) is 14.8. The van der Waals surface area contributed by atoms with E-state index in [2.05, 4.69) is 0 Å². The maximum absolute atomic E-state index is 12.8. The summed E-state index contributed by atoms with van der Waals surface area (Å²) < 4.78 is 16.4. The molecule has 2 aromatic rings. The van der Waals surface area contributed by atoms with E-state index in [1.54, 1.807) is 32.4 Å². The van der Waals surface area contributed by atoms with E-state index >= 15 is 0 Å². The van der Waals surface area contributed by atoms with Crippen molar-refractivity contribution in [3.63, 3.8) is 0 Å². The molecular formula is C21H25NO4. The Morgan fingerprint density at radius 1 is 1.00 bits per heavy atom. The van der Waals surface area contributed by atoms with Crippen LogP contribution in [0.4, 0.5) is 0 Å². The van der Waals surface area contributed by atoms with E-state index < -0.39 is 0 Å². The molecule has 0 bridgehead atoms. The lowest BCUT2D eigenvalue weighted by atomic mass is 9.97. The Bertz CT molecular complexity index is 724. The molecule has 3 rings (SSSR count). The van der Waals surface area contributed by atoms with E-state index in [0.29, 0.717) is 29.6 Å². The van der Waals surface area contributed by atoms with Gasteiger partial charge in [-0.05, 0) is 49.1 Å². The maximum atomic E-state index is 12.8. The van der Waals surface area contributed by atoms with Crippen LogP contribution in [0.25, 0.3) is 0 Å². The van der Waals surface area contributed by atoms with Gasteiger partial charge in [-0.25, -0.2) is 0 Å². The molecule has 0 aromatic heterocycles. The number of para-hydroxylation sites is 1. The number of carbonyl (C=O) groups excluding carboxylic acids is 1.